The zero-order chi connectivity index (χ0) is 22.2. The zero-order valence-electron chi connectivity index (χ0n) is 17.4. The molecule has 2 fully saturated rings. The number of hydrogen-bond donors (Lipinski definition) is 2. The van der Waals surface area contributed by atoms with E-state index in [1.54, 1.807) is 30.3 Å². The molecule has 2 aromatic carbocycles. The maximum absolute atomic E-state index is 14.9. The number of sulfonamides is 1. The van der Waals surface area contributed by atoms with Crippen LogP contribution in [-0.4, -0.2) is 32.7 Å². The van der Waals surface area contributed by atoms with Crippen LogP contribution in [0.25, 0.3) is 11.1 Å². The molecular formula is C23H27FN2O4S. The smallest absolute Gasteiger partial charge is 0.265 e. The van der Waals surface area contributed by atoms with Crippen molar-refractivity contribution in [1.82, 2.24) is 4.72 Å². The van der Waals surface area contributed by atoms with E-state index in [0.29, 0.717) is 28.9 Å². The van der Waals surface area contributed by atoms with Crippen molar-refractivity contribution in [2.45, 2.75) is 56.6 Å². The number of nitrogens with two attached hydrogens (primary N) is 1. The standard InChI is InChI=1S/C23H27FN2O4S/c1-31(28,29)26-23(27)18-8-4-10-20(30-16-12-11-15(25)13-16)22(18)17-7-3-9-19(24)21(17)14-5-2-6-14/h3-4,7-10,14-16H,2,5-6,11-13,25H2,1H3,(H,26,27)/t15-,16-/m1/s1. The summed E-state index contributed by atoms with van der Waals surface area (Å²) in [6.07, 6.45) is 5.92. The Morgan fingerprint density at radius 3 is 2.48 bits per heavy atom. The summed E-state index contributed by atoms with van der Waals surface area (Å²) in [5.41, 5.74) is 7.71. The molecule has 0 aliphatic heterocycles. The largest absolute Gasteiger partial charge is 0.490 e. The Morgan fingerprint density at radius 2 is 1.87 bits per heavy atom. The second kappa shape index (κ2) is 8.59. The van der Waals surface area contributed by atoms with Crippen LogP contribution in [0.15, 0.2) is 36.4 Å². The van der Waals surface area contributed by atoms with Gasteiger partial charge in [0.2, 0.25) is 10.0 Å². The quantitative estimate of drug-likeness (QED) is 0.705. The van der Waals surface area contributed by atoms with Gasteiger partial charge < -0.3 is 10.5 Å². The van der Waals surface area contributed by atoms with Gasteiger partial charge in [-0.1, -0.05) is 24.6 Å². The van der Waals surface area contributed by atoms with Crippen molar-refractivity contribution in [2.75, 3.05) is 6.26 Å². The Hall–Kier alpha value is -2.45. The van der Waals surface area contributed by atoms with Crippen molar-refractivity contribution in [1.29, 1.82) is 0 Å². The molecule has 0 bridgehead atoms. The van der Waals surface area contributed by atoms with Crippen LogP contribution < -0.4 is 15.2 Å². The minimum Gasteiger partial charge on any atom is -0.490 e. The van der Waals surface area contributed by atoms with Crippen LogP contribution in [0.1, 0.15) is 60.4 Å². The lowest BCUT2D eigenvalue weighted by Gasteiger charge is -2.29. The van der Waals surface area contributed by atoms with E-state index in [9.17, 15) is 17.6 Å². The molecule has 0 radical (unpaired) electrons. The fourth-order valence-corrected chi connectivity index (χ4v) is 4.89. The normalized spacial score (nSPS) is 21.5. The number of benzene rings is 2. The van der Waals surface area contributed by atoms with Gasteiger partial charge in [-0.15, -0.1) is 0 Å². The number of hydrogen-bond acceptors (Lipinski definition) is 5. The second-order valence-electron chi connectivity index (χ2n) is 8.52. The Kier molecular flexibility index (Phi) is 6.03. The molecule has 0 unspecified atom stereocenters. The molecule has 0 aromatic heterocycles. The van der Waals surface area contributed by atoms with E-state index in [0.717, 1.165) is 38.4 Å². The van der Waals surface area contributed by atoms with E-state index in [-0.39, 0.29) is 29.4 Å². The van der Waals surface area contributed by atoms with E-state index in [1.165, 1.54) is 6.07 Å². The van der Waals surface area contributed by atoms with Crippen LogP contribution in [0.5, 0.6) is 5.75 Å². The maximum Gasteiger partial charge on any atom is 0.265 e. The summed E-state index contributed by atoms with van der Waals surface area (Å²) in [4.78, 5) is 12.9. The van der Waals surface area contributed by atoms with Gasteiger partial charge in [0.15, 0.2) is 0 Å². The first-order valence-electron chi connectivity index (χ1n) is 10.6. The number of carbonyl (C=O) groups excluding carboxylic acids is 1. The molecule has 2 aromatic rings. The molecule has 4 rings (SSSR count). The highest BCUT2D eigenvalue weighted by atomic mass is 32.2. The van der Waals surface area contributed by atoms with Crippen LogP contribution in [0.2, 0.25) is 0 Å². The van der Waals surface area contributed by atoms with Gasteiger partial charge in [0, 0.05) is 11.6 Å². The number of amides is 1. The summed E-state index contributed by atoms with van der Waals surface area (Å²) in [5.74, 6) is -0.592. The molecule has 2 atom stereocenters. The Bertz CT molecular complexity index is 1100. The molecule has 3 N–H and O–H groups in total. The van der Waals surface area contributed by atoms with Gasteiger partial charge in [-0.3, -0.25) is 4.79 Å². The Balaban J connectivity index is 1.86. The van der Waals surface area contributed by atoms with Crippen LogP contribution in [0.4, 0.5) is 4.39 Å². The molecule has 2 aliphatic rings. The van der Waals surface area contributed by atoms with E-state index in [1.807, 2.05) is 4.72 Å². The summed E-state index contributed by atoms with van der Waals surface area (Å²) >= 11 is 0. The van der Waals surface area contributed by atoms with Crippen molar-refractivity contribution >= 4 is 15.9 Å². The third-order valence-corrected chi connectivity index (χ3v) is 6.66. The molecule has 0 heterocycles. The predicted molar refractivity (Wildman–Crippen MR) is 117 cm³/mol. The Morgan fingerprint density at radius 1 is 1.13 bits per heavy atom. The van der Waals surface area contributed by atoms with E-state index in [4.69, 9.17) is 10.5 Å². The minimum absolute atomic E-state index is 0.0601. The third-order valence-electron chi connectivity index (χ3n) is 6.10. The van der Waals surface area contributed by atoms with Crippen LogP contribution in [-0.2, 0) is 10.0 Å². The Labute approximate surface area is 182 Å². The van der Waals surface area contributed by atoms with Gasteiger partial charge >= 0.3 is 0 Å². The highest BCUT2D eigenvalue weighted by Crippen LogP contribution is 2.46. The van der Waals surface area contributed by atoms with Crippen LogP contribution in [0, 0.1) is 5.82 Å². The molecular weight excluding hydrogens is 419 g/mol. The van der Waals surface area contributed by atoms with Crippen molar-refractivity contribution in [2.24, 2.45) is 5.73 Å². The van der Waals surface area contributed by atoms with Crippen molar-refractivity contribution in [3.63, 3.8) is 0 Å². The van der Waals surface area contributed by atoms with Gasteiger partial charge in [-0.2, -0.15) is 0 Å². The number of rotatable bonds is 6. The van der Waals surface area contributed by atoms with E-state index >= 15 is 0 Å². The van der Waals surface area contributed by atoms with E-state index < -0.39 is 15.9 Å². The first kappa shape index (κ1) is 21.8. The van der Waals surface area contributed by atoms with Gasteiger partial charge in [0.05, 0.1) is 11.8 Å². The molecule has 6 nitrogen and oxygen atoms in total. The molecule has 166 valence electrons. The lowest BCUT2D eigenvalue weighted by atomic mass is 9.76. The summed E-state index contributed by atoms with van der Waals surface area (Å²) < 4.78 is 46.6. The number of nitrogens with one attached hydrogen (secondary N) is 1. The third kappa shape index (κ3) is 4.75. The molecule has 31 heavy (non-hydrogen) atoms. The van der Waals surface area contributed by atoms with Crippen LogP contribution >= 0.6 is 0 Å². The number of halogens is 1. The van der Waals surface area contributed by atoms with Gasteiger partial charge in [-0.05, 0) is 67.3 Å². The average Bonchev–Trinajstić information content (AvgIpc) is 3.05. The number of carbonyl (C=O) groups is 1. The summed E-state index contributed by atoms with van der Waals surface area (Å²) in [7, 11) is -3.77. The second-order valence-corrected chi connectivity index (χ2v) is 10.3. The van der Waals surface area contributed by atoms with Gasteiger partial charge in [0.1, 0.15) is 17.7 Å². The summed E-state index contributed by atoms with van der Waals surface area (Å²) in [5, 5.41) is 0. The molecule has 0 spiro atoms. The SMILES string of the molecule is CS(=O)(=O)NC(=O)c1cccc(O[C@@H]2CC[C@@H](N)C2)c1-c1cccc(F)c1C1CCC1. The summed E-state index contributed by atoms with van der Waals surface area (Å²) in [6.45, 7) is 0. The van der Waals surface area contributed by atoms with Crippen molar-refractivity contribution < 1.29 is 22.3 Å². The lowest BCUT2D eigenvalue weighted by Crippen LogP contribution is -2.30. The zero-order valence-corrected chi connectivity index (χ0v) is 18.3. The summed E-state index contributed by atoms with van der Waals surface area (Å²) in [6, 6.07) is 9.79. The molecule has 1 amide bonds. The molecule has 0 saturated heterocycles. The molecule has 2 saturated carbocycles. The van der Waals surface area contributed by atoms with E-state index in [2.05, 4.69) is 0 Å². The maximum atomic E-state index is 14.9. The monoisotopic (exact) mass is 446 g/mol. The fraction of sp³-hybridized carbons (Fsp3) is 0.435. The number of ether oxygens (including phenoxy) is 1. The van der Waals surface area contributed by atoms with Crippen molar-refractivity contribution in [3.8, 4) is 16.9 Å². The highest BCUT2D eigenvalue weighted by Gasteiger charge is 2.31. The van der Waals surface area contributed by atoms with Crippen molar-refractivity contribution in [3.05, 3.63) is 53.3 Å². The first-order valence-corrected chi connectivity index (χ1v) is 12.5. The first-order chi connectivity index (χ1) is 14.7. The average molecular weight is 447 g/mol. The molecule has 8 heteroatoms. The van der Waals surface area contributed by atoms with Gasteiger partial charge in [-0.25, -0.2) is 17.5 Å². The van der Waals surface area contributed by atoms with Crippen LogP contribution in [0.3, 0.4) is 0 Å². The predicted octanol–water partition coefficient (Wildman–Crippen LogP) is 3.71. The fourth-order valence-electron chi connectivity index (χ4n) is 4.45. The topological polar surface area (TPSA) is 98.5 Å². The lowest BCUT2D eigenvalue weighted by molar-refractivity contribution is 0.0981. The minimum atomic E-state index is -3.77. The molecule has 2 aliphatic carbocycles. The van der Waals surface area contributed by atoms with Gasteiger partial charge in [0.25, 0.3) is 5.91 Å². The highest BCUT2D eigenvalue weighted by molar-refractivity contribution is 7.89.